The van der Waals surface area contributed by atoms with E-state index in [4.69, 9.17) is 18.9 Å². The molecule has 0 aromatic heterocycles. The van der Waals surface area contributed by atoms with E-state index < -0.39 is 11.9 Å². The molecule has 0 saturated heterocycles. The monoisotopic (exact) mass is 480 g/mol. The van der Waals surface area contributed by atoms with E-state index in [1.165, 1.54) is 7.11 Å². The lowest BCUT2D eigenvalue weighted by Crippen LogP contribution is -2.22. The minimum atomic E-state index is -0.658. The average molecular weight is 481 g/mol. The number of methoxy groups -OCH3 is 1. The number of hydrogen-bond acceptors (Lipinski definition) is 7. The van der Waals surface area contributed by atoms with E-state index in [0.29, 0.717) is 17.5 Å². The molecule has 0 N–H and O–H groups in total. The fourth-order valence-electron chi connectivity index (χ4n) is 4.71. The first kappa shape index (κ1) is 24.8. The van der Waals surface area contributed by atoms with Crippen molar-refractivity contribution in [1.29, 1.82) is 0 Å². The Morgan fingerprint density at radius 2 is 1.83 bits per heavy atom. The number of benzene rings is 2. The summed E-state index contributed by atoms with van der Waals surface area (Å²) in [5.74, 6) is -0.555. The number of ketones is 1. The van der Waals surface area contributed by atoms with Crippen LogP contribution in [-0.2, 0) is 16.1 Å². The van der Waals surface area contributed by atoms with Crippen molar-refractivity contribution >= 4 is 17.7 Å². The van der Waals surface area contributed by atoms with Gasteiger partial charge in [-0.15, -0.1) is 0 Å². The minimum Gasteiger partial charge on any atom is -0.495 e. The standard InChI is InChI=1S/C28H32O7/c1-16(2)12-22(29)20-10-11-23-24(26(20)32-4)28(31)33-15-18-13-17(3)14-21(25(18)35-23)27(30)34-19-8-6-5-7-9-19/h10-11,13-14,16,19H,5-9,12,15H2,1-4H3. The predicted octanol–water partition coefficient (Wildman–Crippen LogP) is 6.18. The molecule has 0 unspecified atom stereocenters. The molecule has 0 bridgehead atoms. The maximum Gasteiger partial charge on any atom is 0.346 e. The molecular weight excluding hydrogens is 448 g/mol. The Bertz CT molecular complexity index is 1140. The van der Waals surface area contributed by atoms with Gasteiger partial charge in [0.05, 0.1) is 12.7 Å². The van der Waals surface area contributed by atoms with E-state index in [0.717, 1.165) is 37.7 Å². The molecule has 0 amide bonds. The van der Waals surface area contributed by atoms with E-state index in [-0.39, 0.29) is 52.8 Å². The summed E-state index contributed by atoms with van der Waals surface area (Å²) in [5, 5.41) is 0. The largest absolute Gasteiger partial charge is 0.495 e. The second-order valence-electron chi connectivity index (χ2n) is 9.68. The molecule has 7 nitrogen and oxygen atoms in total. The summed E-state index contributed by atoms with van der Waals surface area (Å²) < 4.78 is 23.1. The highest BCUT2D eigenvalue weighted by atomic mass is 16.6. The summed E-state index contributed by atoms with van der Waals surface area (Å²) in [4.78, 5) is 39.0. The zero-order valence-corrected chi connectivity index (χ0v) is 20.8. The fourth-order valence-corrected chi connectivity index (χ4v) is 4.71. The lowest BCUT2D eigenvalue weighted by Gasteiger charge is -2.25. The van der Waals surface area contributed by atoms with Gasteiger partial charge in [-0.3, -0.25) is 4.79 Å². The molecule has 186 valence electrons. The molecule has 1 aliphatic heterocycles. The van der Waals surface area contributed by atoms with Crippen LogP contribution in [-0.4, -0.2) is 30.9 Å². The molecular formula is C28H32O7. The second-order valence-corrected chi connectivity index (χ2v) is 9.68. The van der Waals surface area contributed by atoms with Crippen molar-refractivity contribution in [2.75, 3.05) is 7.11 Å². The third-order valence-corrected chi connectivity index (χ3v) is 6.35. The molecule has 4 rings (SSSR count). The summed E-state index contributed by atoms with van der Waals surface area (Å²) in [5.41, 5.74) is 2.00. The molecule has 1 fully saturated rings. The maximum atomic E-state index is 13.2. The van der Waals surface area contributed by atoms with Crippen LogP contribution >= 0.6 is 0 Å². The van der Waals surface area contributed by atoms with Crippen LogP contribution in [0.5, 0.6) is 17.2 Å². The van der Waals surface area contributed by atoms with E-state index in [1.54, 1.807) is 18.2 Å². The summed E-state index contributed by atoms with van der Waals surface area (Å²) in [6.45, 7) is 5.67. The third kappa shape index (κ3) is 5.34. The van der Waals surface area contributed by atoms with Crippen molar-refractivity contribution in [1.82, 2.24) is 0 Å². The SMILES string of the molecule is COc1c(C(=O)CC(C)C)ccc2c1C(=O)OCc1cc(C)cc(C(=O)OC3CCCCC3)c1O2. The number of carbonyl (C=O) groups excluding carboxylic acids is 3. The van der Waals surface area contributed by atoms with Crippen molar-refractivity contribution in [2.24, 2.45) is 5.92 Å². The van der Waals surface area contributed by atoms with Crippen LogP contribution in [0.4, 0.5) is 0 Å². The fraction of sp³-hybridized carbons (Fsp3) is 0.464. The first-order chi connectivity index (χ1) is 16.8. The Kier molecular flexibility index (Phi) is 7.43. The van der Waals surface area contributed by atoms with E-state index in [2.05, 4.69) is 0 Å². The molecule has 2 aromatic carbocycles. The Balaban J connectivity index is 1.76. The normalized spacial score (nSPS) is 15.7. The number of Topliss-reactive ketones (excluding diaryl/α,β-unsaturated/α-hetero) is 1. The lowest BCUT2D eigenvalue weighted by molar-refractivity contribution is 0.0208. The molecule has 1 saturated carbocycles. The minimum absolute atomic E-state index is 0.0277. The number of fused-ring (bicyclic) bond motifs is 2. The summed E-state index contributed by atoms with van der Waals surface area (Å²) in [6.07, 6.45) is 5.15. The first-order valence-corrected chi connectivity index (χ1v) is 12.2. The van der Waals surface area contributed by atoms with Crippen LogP contribution in [0.2, 0.25) is 0 Å². The van der Waals surface area contributed by atoms with Crippen molar-refractivity contribution in [3.05, 3.63) is 52.1 Å². The van der Waals surface area contributed by atoms with Gasteiger partial charge < -0.3 is 18.9 Å². The highest BCUT2D eigenvalue weighted by molar-refractivity contribution is 6.05. The Morgan fingerprint density at radius 1 is 1.09 bits per heavy atom. The van der Waals surface area contributed by atoms with E-state index >= 15 is 0 Å². The quantitative estimate of drug-likeness (QED) is 0.360. The summed E-state index contributed by atoms with van der Waals surface area (Å²) in [6, 6.07) is 6.69. The van der Waals surface area contributed by atoms with Gasteiger partial charge in [0.15, 0.2) is 5.78 Å². The third-order valence-electron chi connectivity index (χ3n) is 6.35. The number of rotatable bonds is 6. The average Bonchev–Trinajstić information content (AvgIpc) is 2.82. The van der Waals surface area contributed by atoms with Crippen LogP contribution in [0.15, 0.2) is 24.3 Å². The van der Waals surface area contributed by atoms with Crippen LogP contribution < -0.4 is 9.47 Å². The van der Waals surface area contributed by atoms with Crippen LogP contribution in [0.3, 0.4) is 0 Å². The van der Waals surface area contributed by atoms with Crippen molar-refractivity contribution < 1.29 is 33.3 Å². The van der Waals surface area contributed by atoms with E-state index in [9.17, 15) is 14.4 Å². The highest BCUT2D eigenvalue weighted by Gasteiger charge is 2.31. The number of carbonyl (C=O) groups is 3. The number of hydrogen-bond donors (Lipinski definition) is 0. The Morgan fingerprint density at radius 3 is 2.51 bits per heavy atom. The van der Waals surface area contributed by atoms with Gasteiger partial charge in [0.25, 0.3) is 0 Å². The van der Waals surface area contributed by atoms with Crippen LogP contribution in [0, 0.1) is 12.8 Å². The van der Waals surface area contributed by atoms with Crippen LogP contribution in [0.25, 0.3) is 0 Å². The molecule has 2 aromatic rings. The van der Waals surface area contributed by atoms with Gasteiger partial charge in [-0.25, -0.2) is 9.59 Å². The summed E-state index contributed by atoms with van der Waals surface area (Å²) >= 11 is 0. The topological polar surface area (TPSA) is 88.1 Å². The molecule has 1 aliphatic carbocycles. The van der Waals surface area contributed by atoms with Gasteiger partial charge in [0.2, 0.25) is 0 Å². The molecule has 0 spiro atoms. The number of ether oxygens (including phenoxy) is 4. The number of cyclic esters (lactones) is 1. The molecule has 35 heavy (non-hydrogen) atoms. The van der Waals surface area contributed by atoms with Crippen molar-refractivity contribution in [3.8, 4) is 17.2 Å². The molecule has 2 aliphatic rings. The molecule has 0 atom stereocenters. The van der Waals surface area contributed by atoms with Crippen molar-refractivity contribution in [2.45, 2.75) is 72.0 Å². The Labute approximate surface area is 205 Å². The Hall–Kier alpha value is -3.35. The lowest BCUT2D eigenvalue weighted by atomic mass is 9.97. The molecule has 1 heterocycles. The van der Waals surface area contributed by atoms with E-state index in [1.807, 2.05) is 26.8 Å². The molecule has 0 radical (unpaired) electrons. The predicted molar refractivity (Wildman–Crippen MR) is 129 cm³/mol. The van der Waals surface area contributed by atoms with Gasteiger partial charge in [0, 0.05) is 12.0 Å². The van der Waals surface area contributed by atoms with Gasteiger partial charge >= 0.3 is 11.9 Å². The van der Waals surface area contributed by atoms with Crippen molar-refractivity contribution in [3.63, 3.8) is 0 Å². The number of esters is 2. The zero-order chi connectivity index (χ0) is 25.1. The van der Waals surface area contributed by atoms with Gasteiger partial charge in [-0.05, 0) is 68.4 Å². The first-order valence-electron chi connectivity index (χ1n) is 12.2. The number of aryl methyl sites for hydroxylation is 1. The maximum absolute atomic E-state index is 13.2. The summed E-state index contributed by atoms with van der Waals surface area (Å²) in [7, 11) is 1.40. The van der Waals surface area contributed by atoms with Crippen LogP contribution in [0.1, 0.15) is 94.6 Å². The van der Waals surface area contributed by atoms with Gasteiger partial charge in [-0.2, -0.15) is 0 Å². The smallest absolute Gasteiger partial charge is 0.346 e. The highest BCUT2D eigenvalue weighted by Crippen LogP contribution is 2.41. The van der Waals surface area contributed by atoms with Gasteiger partial charge in [0.1, 0.15) is 41.1 Å². The zero-order valence-electron chi connectivity index (χ0n) is 20.8. The van der Waals surface area contributed by atoms with Gasteiger partial charge in [-0.1, -0.05) is 20.3 Å². The second kappa shape index (κ2) is 10.5. The molecule has 7 heteroatoms.